The molecule has 2 rings (SSSR count). The van der Waals surface area contributed by atoms with Crippen molar-refractivity contribution in [2.45, 2.75) is 46.2 Å². The Hall–Kier alpha value is -1.32. The highest BCUT2D eigenvalue weighted by molar-refractivity contribution is 6.31. The Balaban J connectivity index is 2.26. The fourth-order valence-corrected chi connectivity index (χ4v) is 2.74. The minimum absolute atomic E-state index is 0.245. The zero-order chi connectivity index (χ0) is 15.4. The second-order valence-corrected chi connectivity index (χ2v) is 5.76. The predicted molar refractivity (Wildman–Crippen MR) is 89.0 cm³/mol. The van der Waals surface area contributed by atoms with Gasteiger partial charge in [-0.2, -0.15) is 5.10 Å². The van der Waals surface area contributed by atoms with Crippen LogP contribution in [0.1, 0.15) is 42.4 Å². The van der Waals surface area contributed by atoms with Crippen molar-refractivity contribution >= 4 is 11.6 Å². The van der Waals surface area contributed by atoms with Crippen molar-refractivity contribution in [1.82, 2.24) is 15.1 Å². The maximum Gasteiger partial charge on any atom is 0.0624 e. The third kappa shape index (κ3) is 3.66. The number of likely N-dealkylation sites (N-methyl/N-ethyl adjacent to an activating group) is 1. The van der Waals surface area contributed by atoms with Gasteiger partial charge in [0.05, 0.1) is 5.69 Å². The van der Waals surface area contributed by atoms with Gasteiger partial charge in [0, 0.05) is 29.7 Å². The molecule has 4 heteroatoms. The smallest absolute Gasteiger partial charge is 0.0624 e. The largest absolute Gasteiger partial charge is 0.313 e. The fraction of sp³-hybridized carbons (Fsp3) is 0.471. The zero-order valence-corrected chi connectivity index (χ0v) is 14.0. The molecule has 1 aromatic carbocycles. The molecular weight excluding hydrogens is 282 g/mol. The van der Waals surface area contributed by atoms with E-state index in [2.05, 4.69) is 53.2 Å². The SMILES string of the molecule is CCc1cc(CC(NC)c2ccc(C)c(Cl)c2)n(CC)n1. The van der Waals surface area contributed by atoms with Crippen LogP contribution >= 0.6 is 11.6 Å². The first kappa shape index (κ1) is 16.1. The van der Waals surface area contributed by atoms with Crippen molar-refractivity contribution in [1.29, 1.82) is 0 Å². The van der Waals surface area contributed by atoms with Gasteiger partial charge in [-0.05, 0) is 50.6 Å². The summed E-state index contributed by atoms with van der Waals surface area (Å²) < 4.78 is 2.10. The van der Waals surface area contributed by atoms with Gasteiger partial charge in [-0.15, -0.1) is 0 Å². The summed E-state index contributed by atoms with van der Waals surface area (Å²) in [6.45, 7) is 7.20. The van der Waals surface area contributed by atoms with Crippen LogP contribution in [-0.4, -0.2) is 16.8 Å². The number of rotatable bonds is 6. The van der Waals surface area contributed by atoms with Gasteiger partial charge >= 0.3 is 0 Å². The first-order chi connectivity index (χ1) is 10.1. The molecule has 1 heterocycles. The highest BCUT2D eigenvalue weighted by Gasteiger charge is 2.15. The average molecular weight is 306 g/mol. The van der Waals surface area contributed by atoms with Crippen LogP contribution in [0.4, 0.5) is 0 Å². The minimum atomic E-state index is 0.245. The fourth-order valence-electron chi connectivity index (χ4n) is 2.55. The Labute approximate surface area is 132 Å². The monoisotopic (exact) mass is 305 g/mol. The van der Waals surface area contributed by atoms with Crippen LogP contribution in [0.2, 0.25) is 5.02 Å². The van der Waals surface area contributed by atoms with Gasteiger partial charge in [-0.3, -0.25) is 4.68 Å². The topological polar surface area (TPSA) is 29.9 Å². The molecule has 114 valence electrons. The van der Waals surface area contributed by atoms with Crippen LogP contribution in [0.3, 0.4) is 0 Å². The third-order valence-electron chi connectivity index (χ3n) is 3.94. The maximum atomic E-state index is 6.26. The molecule has 0 saturated carbocycles. The molecule has 0 spiro atoms. The van der Waals surface area contributed by atoms with Crippen LogP contribution in [-0.2, 0) is 19.4 Å². The molecule has 0 amide bonds. The van der Waals surface area contributed by atoms with E-state index < -0.39 is 0 Å². The van der Waals surface area contributed by atoms with Crippen LogP contribution in [0, 0.1) is 6.92 Å². The molecule has 21 heavy (non-hydrogen) atoms. The molecule has 0 radical (unpaired) electrons. The highest BCUT2D eigenvalue weighted by Crippen LogP contribution is 2.24. The predicted octanol–water partition coefficient (Wildman–Crippen LogP) is 3.93. The molecule has 1 atom stereocenters. The van der Waals surface area contributed by atoms with E-state index in [9.17, 15) is 0 Å². The van der Waals surface area contributed by atoms with Gasteiger partial charge in [0.25, 0.3) is 0 Å². The Kier molecular flexibility index (Phi) is 5.43. The Morgan fingerprint density at radius 3 is 2.62 bits per heavy atom. The second-order valence-electron chi connectivity index (χ2n) is 5.35. The number of halogens is 1. The van der Waals surface area contributed by atoms with E-state index in [1.165, 1.54) is 11.3 Å². The Morgan fingerprint density at radius 1 is 1.29 bits per heavy atom. The molecule has 1 aromatic heterocycles. The van der Waals surface area contributed by atoms with E-state index >= 15 is 0 Å². The van der Waals surface area contributed by atoms with E-state index in [4.69, 9.17) is 11.6 Å². The van der Waals surface area contributed by atoms with Crippen molar-refractivity contribution in [3.8, 4) is 0 Å². The third-order valence-corrected chi connectivity index (χ3v) is 4.34. The van der Waals surface area contributed by atoms with Gasteiger partial charge in [0.1, 0.15) is 0 Å². The molecule has 0 aliphatic heterocycles. The summed E-state index contributed by atoms with van der Waals surface area (Å²) in [7, 11) is 1.99. The first-order valence-corrected chi connectivity index (χ1v) is 7.95. The Morgan fingerprint density at radius 2 is 2.05 bits per heavy atom. The number of aryl methyl sites for hydroxylation is 3. The zero-order valence-electron chi connectivity index (χ0n) is 13.3. The Bertz CT molecular complexity index is 604. The van der Waals surface area contributed by atoms with Gasteiger partial charge in [0.15, 0.2) is 0 Å². The second kappa shape index (κ2) is 7.10. The van der Waals surface area contributed by atoms with Crippen molar-refractivity contribution in [2.75, 3.05) is 7.05 Å². The summed E-state index contributed by atoms with van der Waals surface area (Å²) in [6.07, 6.45) is 1.89. The molecule has 0 bridgehead atoms. The molecule has 0 fully saturated rings. The van der Waals surface area contributed by atoms with Gasteiger partial charge in [-0.1, -0.05) is 30.7 Å². The van der Waals surface area contributed by atoms with Gasteiger partial charge in [-0.25, -0.2) is 0 Å². The lowest BCUT2D eigenvalue weighted by Crippen LogP contribution is -2.20. The molecular formula is C17H24ClN3. The van der Waals surface area contributed by atoms with Crippen molar-refractivity contribution in [2.24, 2.45) is 0 Å². The average Bonchev–Trinajstić information content (AvgIpc) is 2.90. The number of hydrogen-bond donors (Lipinski definition) is 1. The molecule has 0 aliphatic rings. The van der Waals surface area contributed by atoms with Crippen LogP contribution in [0.15, 0.2) is 24.3 Å². The van der Waals surface area contributed by atoms with E-state index in [1.807, 2.05) is 14.0 Å². The van der Waals surface area contributed by atoms with E-state index in [-0.39, 0.29) is 6.04 Å². The van der Waals surface area contributed by atoms with Crippen LogP contribution in [0.25, 0.3) is 0 Å². The minimum Gasteiger partial charge on any atom is -0.313 e. The van der Waals surface area contributed by atoms with Crippen molar-refractivity contribution < 1.29 is 0 Å². The standard InChI is InChI=1S/C17H24ClN3/c1-5-14-10-15(21(6-2)20-14)11-17(19-4)13-8-7-12(3)16(18)9-13/h7-10,17,19H,5-6,11H2,1-4H3. The lowest BCUT2D eigenvalue weighted by molar-refractivity contribution is 0.540. The summed E-state index contributed by atoms with van der Waals surface area (Å²) in [5, 5.41) is 8.84. The summed E-state index contributed by atoms with van der Waals surface area (Å²) in [6, 6.07) is 8.75. The molecule has 1 unspecified atom stereocenters. The number of nitrogens with one attached hydrogen (secondary N) is 1. The summed E-state index contributed by atoms with van der Waals surface area (Å²) in [5.74, 6) is 0. The number of benzene rings is 1. The van der Waals surface area contributed by atoms with Gasteiger partial charge in [0.2, 0.25) is 0 Å². The molecule has 2 aromatic rings. The molecule has 1 N–H and O–H groups in total. The van der Waals surface area contributed by atoms with Crippen LogP contribution in [0.5, 0.6) is 0 Å². The quantitative estimate of drug-likeness (QED) is 0.876. The van der Waals surface area contributed by atoms with E-state index in [1.54, 1.807) is 0 Å². The number of aromatic nitrogens is 2. The van der Waals surface area contributed by atoms with Crippen molar-refractivity contribution in [3.05, 3.63) is 51.8 Å². The van der Waals surface area contributed by atoms with Crippen molar-refractivity contribution in [3.63, 3.8) is 0 Å². The molecule has 3 nitrogen and oxygen atoms in total. The summed E-state index contributed by atoms with van der Waals surface area (Å²) in [4.78, 5) is 0. The van der Waals surface area contributed by atoms with Crippen LogP contribution < -0.4 is 5.32 Å². The highest BCUT2D eigenvalue weighted by atomic mass is 35.5. The van der Waals surface area contributed by atoms with E-state index in [0.29, 0.717) is 0 Å². The summed E-state index contributed by atoms with van der Waals surface area (Å²) >= 11 is 6.26. The maximum absolute atomic E-state index is 6.26. The van der Waals surface area contributed by atoms with E-state index in [0.717, 1.165) is 35.7 Å². The summed E-state index contributed by atoms with van der Waals surface area (Å²) in [5.41, 5.74) is 4.76. The number of hydrogen-bond acceptors (Lipinski definition) is 2. The molecule has 0 aliphatic carbocycles. The number of nitrogens with zero attached hydrogens (tertiary/aromatic N) is 2. The lowest BCUT2D eigenvalue weighted by atomic mass is 10.0. The lowest BCUT2D eigenvalue weighted by Gasteiger charge is -2.18. The normalized spacial score (nSPS) is 12.6. The van der Waals surface area contributed by atoms with Gasteiger partial charge < -0.3 is 5.32 Å². The molecule has 0 saturated heterocycles. The first-order valence-electron chi connectivity index (χ1n) is 7.57.